The molecule has 0 unspecified atom stereocenters. The van der Waals surface area contributed by atoms with Crippen molar-refractivity contribution in [3.05, 3.63) is 18.2 Å². The van der Waals surface area contributed by atoms with Crippen LogP contribution in [0.2, 0.25) is 0 Å². The van der Waals surface area contributed by atoms with E-state index in [9.17, 15) is 0 Å². The molecule has 30 heavy (non-hydrogen) atoms. The smallest absolute Gasteiger partial charge is 0.234 e. The van der Waals surface area contributed by atoms with Gasteiger partial charge in [0.05, 0.1) is 13.1 Å². The SMILES string of the molecule is CCCCCCCCCCCCCCCn1cc[n+](CCCCCCC)c1CCC. The third-order valence-corrected chi connectivity index (χ3v) is 6.57. The molecule has 0 aliphatic rings. The number of hydrogen-bond donors (Lipinski definition) is 0. The Morgan fingerprint density at radius 2 is 1.03 bits per heavy atom. The quantitative estimate of drug-likeness (QED) is 0.131. The number of aromatic nitrogens is 2. The highest BCUT2D eigenvalue weighted by Gasteiger charge is 2.15. The number of rotatable bonds is 22. The Kier molecular flexibility index (Phi) is 18.3. The monoisotopic (exact) mass is 419 g/mol. The second kappa shape index (κ2) is 20.1. The van der Waals surface area contributed by atoms with E-state index in [1.807, 2.05) is 0 Å². The molecule has 0 amide bonds. The van der Waals surface area contributed by atoms with Gasteiger partial charge in [0.25, 0.3) is 5.82 Å². The minimum atomic E-state index is 1.21. The zero-order valence-electron chi connectivity index (χ0n) is 21.1. The number of unbranched alkanes of at least 4 members (excludes halogenated alkanes) is 16. The Labute approximate surface area is 189 Å². The van der Waals surface area contributed by atoms with E-state index in [0.29, 0.717) is 0 Å². The molecule has 0 saturated heterocycles. The molecule has 1 rings (SSSR count). The highest BCUT2D eigenvalue weighted by atomic mass is 15.1. The molecule has 1 aromatic rings. The summed E-state index contributed by atoms with van der Waals surface area (Å²) in [4.78, 5) is 0. The van der Waals surface area contributed by atoms with E-state index in [4.69, 9.17) is 0 Å². The molecule has 0 aliphatic carbocycles. The second-order valence-corrected chi connectivity index (χ2v) is 9.51. The lowest BCUT2D eigenvalue weighted by Crippen LogP contribution is -2.37. The first-order chi connectivity index (χ1) is 14.8. The van der Waals surface area contributed by atoms with Crippen LogP contribution < -0.4 is 4.57 Å². The summed E-state index contributed by atoms with van der Waals surface area (Å²) in [6.07, 6.45) is 32.7. The average molecular weight is 420 g/mol. The van der Waals surface area contributed by atoms with Gasteiger partial charge in [-0.2, -0.15) is 0 Å². The van der Waals surface area contributed by atoms with Gasteiger partial charge < -0.3 is 0 Å². The lowest BCUT2D eigenvalue weighted by Gasteiger charge is -2.05. The Balaban J connectivity index is 2.09. The van der Waals surface area contributed by atoms with E-state index in [-0.39, 0.29) is 0 Å². The van der Waals surface area contributed by atoms with Crippen molar-refractivity contribution in [1.82, 2.24) is 4.57 Å². The highest BCUT2D eigenvalue weighted by Crippen LogP contribution is 2.13. The van der Waals surface area contributed by atoms with Gasteiger partial charge in [-0.1, -0.05) is 111 Å². The highest BCUT2D eigenvalue weighted by molar-refractivity contribution is 4.84. The maximum atomic E-state index is 2.55. The average Bonchev–Trinajstić information content (AvgIpc) is 3.13. The van der Waals surface area contributed by atoms with Crippen molar-refractivity contribution in [2.24, 2.45) is 0 Å². The molecule has 0 bridgehead atoms. The predicted molar refractivity (Wildman–Crippen MR) is 133 cm³/mol. The molecule has 0 spiro atoms. The molecule has 0 saturated carbocycles. The van der Waals surface area contributed by atoms with Crippen molar-refractivity contribution in [3.8, 4) is 0 Å². The summed E-state index contributed by atoms with van der Waals surface area (Å²) >= 11 is 0. The van der Waals surface area contributed by atoms with Gasteiger partial charge in [-0.15, -0.1) is 0 Å². The molecule has 0 atom stereocenters. The standard InChI is InChI=1S/C28H55N2/c1-4-7-9-11-12-13-14-15-16-17-18-20-22-25-30-27-26-29(28(30)23-6-3)24-21-19-10-8-5-2/h26-27H,4-25H2,1-3H3/q+1. The predicted octanol–water partition coefficient (Wildman–Crippen LogP) is 8.79. The van der Waals surface area contributed by atoms with Crippen molar-refractivity contribution >= 4 is 0 Å². The fraction of sp³-hybridized carbons (Fsp3) is 0.893. The number of nitrogens with zero attached hydrogens (tertiary/aromatic N) is 2. The lowest BCUT2D eigenvalue weighted by atomic mass is 10.0. The van der Waals surface area contributed by atoms with Gasteiger partial charge in [0, 0.05) is 6.42 Å². The van der Waals surface area contributed by atoms with Crippen LogP contribution in [0.5, 0.6) is 0 Å². The minimum absolute atomic E-state index is 1.21. The molecule has 2 heteroatoms. The van der Waals surface area contributed by atoms with E-state index < -0.39 is 0 Å². The van der Waals surface area contributed by atoms with E-state index >= 15 is 0 Å². The number of imidazole rings is 1. The largest absolute Gasteiger partial charge is 0.256 e. The molecule has 0 radical (unpaired) electrons. The maximum Gasteiger partial charge on any atom is 0.256 e. The second-order valence-electron chi connectivity index (χ2n) is 9.51. The first kappa shape index (κ1) is 27.2. The zero-order valence-corrected chi connectivity index (χ0v) is 21.1. The van der Waals surface area contributed by atoms with E-state index in [0.717, 1.165) is 0 Å². The van der Waals surface area contributed by atoms with Crippen LogP contribution in [-0.2, 0) is 19.5 Å². The van der Waals surface area contributed by atoms with Gasteiger partial charge in [-0.25, -0.2) is 9.13 Å². The third-order valence-electron chi connectivity index (χ3n) is 6.57. The summed E-state index contributed by atoms with van der Waals surface area (Å²) in [5.41, 5.74) is 0. The molecule has 1 heterocycles. The van der Waals surface area contributed by atoms with Crippen molar-refractivity contribution in [2.75, 3.05) is 0 Å². The molecule has 2 nitrogen and oxygen atoms in total. The van der Waals surface area contributed by atoms with Crippen LogP contribution in [0, 0.1) is 0 Å². The van der Waals surface area contributed by atoms with Crippen LogP contribution in [0.15, 0.2) is 12.4 Å². The van der Waals surface area contributed by atoms with Gasteiger partial charge in [0.2, 0.25) is 0 Å². The summed E-state index contributed by atoms with van der Waals surface area (Å²) in [5.74, 6) is 1.56. The molecule has 0 aliphatic heterocycles. The van der Waals surface area contributed by atoms with Crippen molar-refractivity contribution in [3.63, 3.8) is 0 Å². The Hall–Kier alpha value is -0.790. The molecule has 0 aromatic carbocycles. The normalized spacial score (nSPS) is 11.4. The van der Waals surface area contributed by atoms with Crippen LogP contribution in [-0.4, -0.2) is 4.57 Å². The van der Waals surface area contributed by atoms with Gasteiger partial charge >= 0.3 is 0 Å². The van der Waals surface area contributed by atoms with Crippen molar-refractivity contribution in [2.45, 2.75) is 162 Å². The molecule has 176 valence electrons. The maximum absolute atomic E-state index is 2.55. The zero-order chi connectivity index (χ0) is 21.7. The fourth-order valence-electron chi connectivity index (χ4n) is 4.60. The van der Waals surface area contributed by atoms with Gasteiger partial charge in [-0.05, 0) is 32.1 Å². The molecule has 1 aromatic heterocycles. The first-order valence-electron chi connectivity index (χ1n) is 13.9. The lowest BCUT2D eigenvalue weighted by molar-refractivity contribution is -0.704. The summed E-state index contributed by atoms with van der Waals surface area (Å²) in [6.45, 7) is 9.34. The van der Waals surface area contributed by atoms with Crippen molar-refractivity contribution in [1.29, 1.82) is 0 Å². The van der Waals surface area contributed by atoms with Crippen LogP contribution in [0.25, 0.3) is 0 Å². The van der Waals surface area contributed by atoms with E-state index in [2.05, 4.69) is 42.3 Å². The van der Waals surface area contributed by atoms with Crippen LogP contribution >= 0.6 is 0 Å². The minimum Gasteiger partial charge on any atom is -0.234 e. The molecule has 0 fully saturated rings. The molecule has 0 N–H and O–H groups in total. The van der Waals surface area contributed by atoms with Gasteiger partial charge in [-0.3, -0.25) is 0 Å². The Bertz CT molecular complexity index is 477. The van der Waals surface area contributed by atoms with Crippen LogP contribution in [0.4, 0.5) is 0 Å². The van der Waals surface area contributed by atoms with Crippen LogP contribution in [0.1, 0.15) is 149 Å². The first-order valence-corrected chi connectivity index (χ1v) is 13.9. The summed E-state index contributed by atoms with van der Waals surface area (Å²) in [6, 6.07) is 0. The molecular formula is C28H55N2+. The van der Waals surface area contributed by atoms with Gasteiger partial charge in [0.1, 0.15) is 12.4 Å². The topological polar surface area (TPSA) is 8.81 Å². The number of aryl methyl sites for hydroxylation is 2. The third kappa shape index (κ3) is 13.5. The summed E-state index contributed by atoms with van der Waals surface area (Å²) < 4.78 is 5.09. The number of hydrogen-bond acceptors (Lipinski definition) is 0. The Morgan fingerprint density at radius 1 is 0.567 bits per heavy atom. The summed E-state index contributed by atoms with van der Waals surface area (Å²) in [7, 11) is 0. The molecular weight excluding hydrogens is 364 g/mol. The van der Waals surface area contributed by atoms with E-state index in [1.165, 1.54) is 142 Å². The van der Waals surface area contributed by atoms with Gasteiger partial charge in [0.15, 0.2) is 0 Å². The van der Waals surface area contributed by atoms with Crippen LogP contribution in [0.3, 0.4) is 0 Å². The Morgan fingerprint density at radius 3 is 1.53 bits per heavy atom. The van der Waals surface area contributed by atoms with E-state index in [1.54, 1.807) is 5.82 Å². The summed E-state index contributed by atoms with van der Waals surface area (Å²) in [5, 5.41) is 0. The van der Waals surface area contributed by atoms with Crippen molar-refractivity contribution < 1.29 is 4.57 Å². The fourth-order valence-corrected chi connectivity index (χ4v) is 4.60.